The smallest absolute Gasteiger partial charge is 0.374 e. The quantitative estimate of drug-likeness (QED) is 0.423. The number of nitrogens with two attached hydrogens (primary N) is 1. The van der Waals surface area contributed by atoms with Crippen LogP contribution in [-0.4, -0.2) is 33.6 Å². The standard InChI is InChI=1S/C27H27F3N4O3S/c1-16(2)15-34(3)25-13-24-23(12-21(25)27(28,29)30)33-26(35)14-22(32-24)19-8-4-6-17(10-19)18-7-5-9-20(11-18)38(31,36)37/h4-13,16H,14-15H2,1-3H3,(H,33,35)(H2,31,36,37). The molecule has 1 aliphatic rings. The molecular weight excluding hydrogens is 517 g/mol. The molecule has 4 rings (SSSR count). The summed E-state index contributed by atoms with van der Waals surface area (Å²) in [6.45, 7) is 4.22. The Balaban J connectivity index is 1.82. The van der Waals surface area contributed by atoms with E-state index in [9.17, 15) is 26.4 Å². The molecule has 0 bridgehead atoms. The first-order valence-electron chi connectivity index (χ1n) is 11.8. The van der Waals surface area contributed by atoms with Gasteiger partial charge in [-0.15, -0.1) is 0 Å². The van der Waals surface area contributed by atoms with Crippen LogP contribution in [0.5, 0.6) is 0 Å². The molecule has 0 spiro atoms. The lowest BCUT2D eigenvalue weighted by Gasteiger charge is -2.26. The van der Waals surface area contributed by atoms with Crippen LogP contribution < -0.4 is 15.4 Å². The molecule has 200 valence electrons. The van der Waals surface area contributed by atoms with Gasteiger partial charge in [0, 0.05) is 13.6 Å². The fourth-order valence-electron chi connectivity index (χ4n) is 4.39. The van der Waals surface area contributed by atoms with Crippen molar-refractivity contribution in [3.63, 3.8) is 0 Å². The van der Waals surface area contributed by atoms with Gasteiger partial charge in [0.25, 0.3) is 0 Å². The van der Waals surface area contributed by atoms with Crippen molar-refractivity contribution in [1.29, 1.82) is 0 Å². The maximum absolute atomic E-state index is 13.9. The lowest BCUT2D eigenvalue weighted by Crippen LogP contribution is -2.25. The molecule has 1 amide bonds. The molecule has 3 N–H and O–H groups in total. The minimum atomic E-state index is -4.63. The van der Waals surface area contributed by atoms with Gasteiger partial charge in [-0.05, 0) is 52.9 Å². The molecule has 11 heteroatoms. The molecule has 7 nitrogen and oxygen atoms in total. The third-order valence-electron chi connectivity index (χ3n) is 6.02. The van der Waals surface area contributed by atoms with Gasteiger partial charge in [0.15, 0.2) is 0 Å². The average molecular weight is 545 g/mol. The summed E-state index contributed by atoms with van der Waals surface area (Å²) in [7, 11) is -2.31. The monoisotopic (exact) mass is 544 g/mol. The number of halogens is 3. The lowest BCUT2D eigenvalue weighted by molar-refractivity contribution is -0.137. The minimum Gasteiger partial charge on any atom is -0.374 e. The summed E-state index contributed by atoms with van der Waals surface area (Å²) in [6.07, 6.45) is -4.78. The van der Waals surface area contributed by atoms with Gasteiger partial charge in [0.05, 0.1) is 39.7 Å². The minimum absolute atomic E-state index is 0.0176. The Hall–Kier alpha value is -3.70. The Bertz CT molecular complexity index is 1530. The summed E-state index contributed by atoms with van der Waals surface area (Å²) in [5, 5.41) is 7.82. The molecule has 0 fully saturated rings. The molecule has 0 saturated heterocycles. The molecular formula is C27H27F3N4O3S. The predicted octanol–water partition coefficient (Wildman–Crippen LogP) is 5.58. The Morgan fingerprint density at radius 1 is 1.03 bits per heavy atom. The zero-order valence-corrected chi connectivity index (χ0v) is 21.8. The molecule has 3 aromatic carbocycles. The highest BCUT2D eigenvalue weighted by Gasteiger charge is 2.36. The number of primary sulfonamides is 1. The molecule has 1 aliphatic heterocycles. The molecule has 0 aromatic heterocycles. The van der Waals surface area contributed by atoms with Gasteiger partial charge in [-0.25, -0.2) is 13.6 Å². The number of benzene rings is 3. The third kappa shape index (κ3) is 6.05. The molecule has 1 heterocycles. The van der Waals surface area contributed by atoms with Gasteiger partial charge in [0.2, 0.25) is 15.9 Å². The Kier molecular flexibility index (Phi) is 7.35. The van der Waals surface area contributed by atoms with E-state index >= 15 is 0 Å². The van der Waals surface area contributed by atoms with E-state index in [1.165, 1.54) is 23.1 Å². The number of carbonyl (C=O) groups is 1. The third-order valence-corrected chi connectivity index (χ3v) is 6.93. The van der Waals surface area contributed by atoms with Crippen LogP contribution in [-0.2, 0) is 21.0 Å². The van der Waals surface area contributed by atoms with Crippen LogP contribution in [0.25, 0.3) is 11.1 Å². The maximum Gasteiger partial charge on any atom is 0.418 e. The van der Waals surface area contributed by atoms with Gasteiger partial charge in [-0.1, -0.05) is 44.2 Å². The highest BCUT2D eigenvalue weighted by molar-refractivity contribution is 7.89. The first-order valence-corrected chi connectivity index (χ1v) is 13.3. The fourth-order valence-corrected chi connectivity index (χ4v) is 4.95. The van der Waals surface area contributed by atoms with Crippen molar-refractivity contribution in [2.75, 3.05) is 23.8 Å². The van der Waals surface area contributed by atoms with Crippen LogP contribution in [0.2, 0.25) is 0 Å². The number of anilines is 2. The molecule has 0 radical (unpaired) electrons. The van der Waals surface area contributed by atoms with Gasteiger partial charge >= 0.3 is 6.18 Å². The van der Waals surface area contributed by atoms with Crippen LogP contribution in [0.15, 0.2) is 70.6 Å². The van der Waals surface area contributed by atoms with Crippen molar-refractivity contribution >= 4 is 38.7 Å². The average Bonchev–Trinajstić information content (AvgIpc) is 2.99. The second kappa shape index (κ2) is 10.2. The van der Waals surface area contributed by atoms with Crippen molar-refractivity contribution in [3.8, 4) is 11.1 Å². The number of hydrogen-bond acceptors (Lipinski definition) is 5. The number of fused-ring (bicyclic) bond motifs is 1. The number of nitrogens with zero attached hydrogens (tertiary/aromatic N) is 2. The summed E-state index contributed by atoms with van der Waals surface area (Å²) in [5.74, 6) is -0.380. The summed E-state index contributed by atoms with van der Waals surface area (Å²) in [6, 6.07) is 15.4. The van der Waals surface area contributed by atoms with Crippen molar-refractivity contribution in [2.45, 2.75) is 31.3 Å². The zero-order chi connectivity index (χ0) is 27.8. The first-order chi connectivity index (χ1) is 17.7. The summed E-state index contributed by atoms with van der Waals surface area (Å²) >= 11 is 0. The largest absolute Gasteiger partial charge is 0.418 e. The van der Waals surface area contributed by atoms with E-state index in [2.05, 4.69) is 10.3 Å². The maximum atomic E-state index is 13.9. The number of nitrogens with one attached hydrogen (secondary N) is 1. The summed E-state index contributed by atoms with van der Waals surface area (Å²) in [4.78, 5) is 18.8. The number of hydrogen-bond donors (Lipinski definition) is 2. The van der Waals surface area contributed by atoms with Crippen LogP contribution in [0.3, 0.4) is 0 Å². The number of sulfonamides is 1. The lowest BCUT2D eigenvalue weighted by atomic mass is 9.99. The topological polar surface area (TPSA) is 105 Å². The van der Waals surface area contributed by atoms with E-state index in [1.54, 1.807) is 43.4 Å². The molecule has 0 unspecified atom stereocenters. The van der Waals surface area contributed by atoms with Gasteiger partial charge in [-0.2, -0.15) is 13.2 Å². The highest BCUT2D eigenvalue weighted by atomic mass is 32.2. The number of amides is 1. The van der Waals surface area contributed by atoms with E-state index in [4.69, 9.17) is 5.14 Å². The SMILES string of the molecule is CC(C)CN(C)c1cc2c(cc1C(F)(F)F)NC(=O)CC(c1cccc(-c3cccc(S(N)(=O)=O)c3)c1)=N2. The number of alkyl halides is 3. The highest BCUT2D eigenvalue weighted by Crippen LogP contribution is 2.43. The Morgan fingerprint density at radius 3 is 2.29 bits per heavy atom. The number of aliphatic imine (C=N–C) groups is 1. The van der Waals surface area contributed by atoms with Gasteiger partial charge < -0.3 is 10.2 Å². The fraction of sp³-hybridized carbons (Fsp3) is 0.259. The van der Waals surface area contributed by atoms with Crippen molar-refractivity contribution in [2.24, 2.45) is 16.0 Å². The molecule has 0 saturated carbocycles. The van der Waals surface area contributed by atoms with E-state index in [-0.39, 0.29) is 34.3 Å². The normalized spacial score (nSPS) is 14.0. The Labute approximate surface area is 219 Å². The van der Waals surface area contributed by atoms with Crippen molar-refractivity contribution < 1.29 is 26.4 Å². The van der Waals surface area contributed by atoms with Gasteiger partial charge in [-0.3, -0.25) is 9.79 Å². The number of rotatable bonds is 6. The molecule has 0 aliphatic carbocycles. The van der Waals surface area contributed by atoms with E-state index < -0.39 is 27.7 Å². The number of carbonyl (C=O) groups excluding carboxylic acids is 1. The summed E-state index contributed by atoms with van der Waals surface area (Å²) in [5.41, 5.74) is 1.50. The van der Waals surface area contributed by atoms with Crippen LogP contribution >= 0.6 is 0 Å². The van der Waals surface area contributed by atoms with Crippen molar-refractivity contribution in [3.05, 3.63) is 71.8 Å². The van der Waals surface area contributed by atoms with E-state index in [1.807, 2.05) is 13.8 Å². The van der Waals surface area contributed by atoms with Crippen LogP contribution in [0.1, 0.15) is 31.4 Å². The summed E-state index contributed by atoms with van der Waals surface area (Å²) < 4.78 is 65.4. The first kappa shape index (κ1) is 27.3. The van der Waals surface area contributed by atoms with E-state index in [0.29, 0.717) is 28.9 Å². The van der Waals surface area contributed by atoms with Crippen LogP contribution in [0, 0.1) is 5.92 Å². The molecule has 3 aromatic rings. The Morgan fingerprint density at radius 2 is 1.66 bits per heavy atom. The van der Waals surface area contributed by atoms with Gasteiger partial charge in [0.1, 0.15) is 0 Å². The second-order valence-corrected chi connectivity index (χ2v) is 11.2. The van der Waals surface area contributed by atoms with E-state index in [0.717, 1.165) is 6.07 Å². The molecule has 38 heavy (non-hydrogen) atoms. The zero-order valence-electron chi connectivity index (χ0n) is 21.0. The second-order valence-electron chi connectivity index (χ2n) is 9.60. The van der Waals surface area contributed by atoms with Crippen LogP contribution in [0.4, 0.5) is 30.2 Å². The molecule has 0 atom stereocenters. The predicted molar refractivity (Wildman–Crippen MR) is 142 cm³/mol. The van der Waals surface area contributed by atoms with Crippen molar-refractivity contribution in [1.82, 2.24) is 0 Å².